The Hall–Kier alpha value is -1.46. The molecule has 1 fully saturated rings. The minimum absolute atomic E-state index is 0.0256. The van der Waals surface area contributed by atoms with Crippen molar-refractivity contribution in [1.29, 1.82) is 0 Å². The number of thiophene rings is 1. The van der Waals surface area contributed by atoms with E-state index < -0.39 is 5.92 Å². The fourth-order valence-electron chi connectivity index (χ4n) is 4.46. The number of nitrogens with zero attached hydrogens (tertiary/aromatic N) is 1. The van der Waals surface area contributed by atoms with Gasteiger partial charge in [-0.05, 0) is 74.6 Å². The van der Waals surface area contributed by atoms with Crippen LogP contribution in [0.2, 0.25) is 0 Å². The lowest BCUT2D eigenvalue weighted by Gasteiger charge is -2.42. The molecule has 0 aromatic carbocycles. The van der Waals surface area contributed by atoms with Gasteiger partial charge in [0.05, 0.1) is 6.61 Å². The number of likely N-dealkylation sites (tertiary alicyclic amines) is 1. The Kier molecular flexibility index (Phi) is 10.1. The molecule has 0 amide bonds. The SMILES string of the molecule is CCO/C(=C/C=C(\C)C(C)(F)F)C(=C(C)CC)c1ccc(CN2CC(C(C)(C)C)C[C@@H](C)C2)s1. The van der Waals surface area contributed by atoms with Crippen molar-refractivity contribution in [3.63, 3.8) is 0 Å². The second-order valence-corrected chi connectivity index (χ2v) is 12.2. The highest BCUT2D eigenvalue weighted by Gasteiger charge is 2.32. The van der Waals surface area contributed by atoms with Gasteiger partial charge < -0.3 is 4.74 Å². The van der Waals surface area contributed by atoms with Gasteiger partial charge >= 0.3 is 0 Å². The van der Waals surface area contributed by atoms with Gasteiger partial charge in [-0.1, -0.05) is 46.3 Å². The van der Waals surface area contributed by atoms with Crippen molar-refractivity contribution in [3.8, 4) is 0 Å². The summed E-state index contributed by atoms with van der Waals surface area (Å²) in [6.45, 7) is 21.7. The number of allylic oxidation sites excluding steroid dienone is 5. The zero-order valence-corrected chi connectivity index (χ0v) is 23.5. The molecule has 5 heteroatoms. The maximum absolute atomic E-state index is 13.7. The second kappa shape index (κ2) is 12.0. The van der Waals surface area contributed by atoms with Gasteiger partial charge in [0.2, 0.25) is 0 Å². The lowest BCUT2D eigenvalue weighted by Crippen LogP contribution is -2.43. The van der Waals surface area contributed by atoms with E-state index in [9.17, 15) is 8.78 Å². The number of alkyl halides is 2. The number of piperidine rings is 1. The molecule has 1 aliphatic rings. The highest BCUT2D eigenvalue weighted by atomic mass is 32.1. The third kappa shape index (κ3) is 8.05. The van der Waals surface area contributed by atoms with Gasteiger partial charge in [-0.25, -0.2) is 8.78 Å². The first-order valence-corrected chi connectivity index (χ1v) is 13.5. The molecule has 0 radical (unpaired) electrons. The molecule has 0 bridgehead atoms. The Labute approximate surface area is 210 Å². The molecule has 2 nitrogen and oxygen atoms in total. The molecule has 1 aromatic heterocycles. The van der Waals surface area contributed by atoms with Gasteiger partial charge in [0.15, 0.2) is 0 Å². The molecule has 0 N–H and O–H groups in total. The summed E-state index contributed by atoms with van der Waals surface area (Å²) in [6, 6.07) is 4.39. The highest BCUT2D eigenvalue weighted by molar-refractivity contribution is 7.13. The summed E-state index contributed by atoms with van der Waals surface area (Å²) < 4.78 is 33.4. The molecule has 1 aliphatic heterocycles. The standard InChI is InChI=1S/C29H45F2NOS/c1-10-21(4)27(25(33-11-2)14-12-22(5)29(9,30)31)26-15-13-24(34-26)19-32-17-20(3)16-23(18-32)28(6,7)8/h12-15,20,23H,10-11,16-19H2,1-9H3/b22-12+,25-14+,27-21?/t20-,23?/m1/s1. The van der Waals surface area contributed by atoms with E-state index >= 15 is 0 Å². The summed E-state index contributed by atoms with van der Waals surface area (Å²) in [5.74, 6) is -0.773. The fourth-order valence-corrected chi connectivity index (χ4v) is 5.64. The Bertz CT molecular complexity index is 898. The van der Waals surface area contributed by atoms with Crippen LogP contribution >= 0.6 is 11.3 Å². The molecule has 2 atom stereocenters. The summed E-state index contributed by atoms with van der Waals surface area (Å²) in [4.78, 5) is 5.08. The van der Waals surface area contributed by atoms with Crippen LogP contribution in [0.4, 0.5) is 8.78 Å². The fraction of sp³-hybridized carbons (Fsp3) is 0.655. The average Bonchev–Trinajstić information content (AvgIpc) is 3.17. The molecule has 1 saturated heterocycles. The van der Waals surface area contributed by atoms with Crippen LogP contribution < -0.4 is 0 Å². The van der Waals surface area contributed by atoms with Crippen molar-refractivity contribution in [2.75, 3.05) is 19.7 Å². The van der Waals surface area contributed by atoms with Crippen molar-refractivity contribution in [2.24, 2.45) is 17.3 Å². The van der Waals surface area contributed by atoms with Crippen LogP contribution in [0.25, 0.3) is 5.57 Å². The smallest absolute Gasteiger partial charge is 0.266 e. The second-order valence-electron chi connectivity index (χ2n) is 11.1. The topological polar surface area (TPSA) is 12.5 Å². The van der Waals surface area contributed by atoms with E-state index in [4.69, 9.17) is 4.74 Å². The first-order chi connectivity index (χ1) is 15.8. The van der Waals surface area contributed by atoms with Crippen molar-refractivity contribution >= 4 is 16.9 Å². The zero-order chi connectivity index (χ0) is 25.7. The molecular formula is C29H45F2NOS. The maximum atomic E-state index is 13.7. The summed E-state index contributed by atoms with van der Waals surface area (Å²) in [6.07, 6.45) is 5.37. The van der Waals surface area contributed by atoms with Crippen molar-refractivity contribution in [1.82, 2.24) is 4.90 Å². The first kappa shape index (κ1) is 28.8. The Morgan fingerprint density at radius 1 is 1.12 bits per heavy atom. The largest absolute Gasteiger partial charge is 0.493 e. The van der Waals surface area contributed by atoms with E-state index in [1.165, 1.54) is 29.9 Å². The minimum Gasteiger partial charge on any atom is -0.493 e. The van der Waals surface area contributed by atoms with E-state index in [2.05, 4.69) is 58.6 Å². The molecule has 0 saturated carbocycles. The summed E-state index contributed by atoms with van der Waals surface area (Å²) in [7, 11) is 0. The Morgan fingerprint density at radius 2 is 1.79 bits per heavy atom. The summed E-state index contributed by atoms with van der Waals surface area (Å²) in [5, 5.41) is 0. The van der Waals surface area contributed by atoms with E-state index in [0.717, 1.165) is 43.4 Å². The molecule has 2 rings (SSSR count). The molecule has 0 aliphatic carbocycles. The summed E-state index contributed by atoms with van der Waals surface area (Å²) in [5.41, 5.74) is 2.57. The van der Waals surface area contributed by atoms with Crippen LogP contribution in [-0.4, -0.2) is 30.5 Å². The van der Waals surface area contributed by atoms with E-state index in [1.54, 1.807) is 17.4 Å². The normalized spacial score (nSPS) is 22.1. The number of ether oxygens (including phenoxy) is 1. The van der Waals surface area contributed by atoms with Crippen LogP contribution in [0.15, 0.2) is 41.2 Å². The molecule has 0 spiro atoms. The lowest BCUT2D eigenvalue weighted by molar-refractivity contribution is 0.0635. The Morgan fingerprint density at radius 3 is 2.35 bits per heavy atom. The molecule has 1 aromatic rings. The lowest BCUT2D eigenvalue weighted by atomic mass is 9.74. The zero-order valence-electron chi connectivity index (χ0n) is 22.7. The number of halogens is 2. The van der Waals surface area contributed by atoms with Crippen LogP contribution in [-0.2, 0) is 11.3 Å². The third-order valence-electron chi connectivity index (χ3n) is 6.93. The molecule has 2 heterocycles. The van der Waals surface area contributed by atoms with Crippen molar-refractivity contribution in [2.45, 2.75) is 87.6 Å². The quantitative estimate of drug-likeness (QED) is 0.251. The Balaban J connectivity index is 2.34. The average molecular weight is 494 g/mol. The van der Waals surface area contributed by atoms with Gasteiger partial charge in [0.25, 0.3) is 5.92 Å². The van der Waals surface area contributed by atoms with Gasteiger partial charge in [-0.15, -0.1) is 11.3 Å². The predicted octanol–water partition coefficient (Wildman–Crippen LogP) is 8.96. The van der Waals surface area contributed by atoms with Crippen molar-refractivity contribution < 1.29 is 13.5 Å². The first-order valence-electron chi connectivity index (χ1n) is 12.7. The van der Waals surface area contributed by atoms with Crippen LogP contribution in [0.5, 0.6) is 0 Å². The maximum Gasteiger partial charge on any atom is 0.266 e. The predicted molar refractivity (Wildman–Crippen MR) is 143 cm³/mol. The van der Waals surface area contributed by atoms with Crippen LogP contribution in [0.1, 0.15) is 84.9 Å². The van der Waals surface area contributed by atoms with Crippen molar-refractivity contribution in [3.05, 3.63) is 50.9 Å². The monoisotopic (exact) mass is 493 g/mol. The van der Waals surface area contributed by atoms with Gasteiger partial charge in [0.1, 0.15) is 5.76 Å². The molecule has 192 valence electrons. The van der Waals surface area contributed by atoms with E-state index in [1.807, 2.05) is 6.92 Å². The molecule has 34 heavy (non-hydrogen) atoms. The molecular weight excluding hydrogens is 448 g/mol. The van der Waals surface area contributed by atoms with E-state index in [-0.39, 0.29) is 5.57 Å². The highest BCUT2D eigenvalue weighted by Crippen LogP contribution is 2.38. The van der Waals surface area contributed by atoms with Gasteiger partial charge in [-0.3, -0.25) is 4.90 Å². The van der Waals surface area contributed by atoms with Gasteiger partial charge in [0, 0.05) is 41.9 Å². The number of hydrogen-bond acceptors (Lipinski definition) is 3. The molecule has 1 unspecified atom stereocenters. The minimum atomic E-state index is -2.84. The number of rotatable bonds is 9. The third-order valence-corrected chi connectivity index (χ3v) is 8.02. The van der Waals surface area contributed by atoms with E-state index in [0.29, 0.717) is 29.6 Å². The number of hydrogen-bond donors (Lipinski definition) is 0. The van der Waals surface area contributed by atoms with Crippen LogP contribution in [0.3, 0.4) is 0 Å². The summed E-state index contributed by atoms with van der Waals surface area (Å²) >= 11 is 1.79. The van der Waals surface area contributed by atoms with Gasteiger partial charge in [-0.2, -0.15) is 0 Å². The van der Waals surface area contributed by atoms with Crippen LogP contribution in [0, 0.1) is 17.3 Å².